The van der Waals surface area contributed by atoms with Crippen molar-refractivity contribution in [1.82, 2.24) is 9.78 Å². The van der Waals surface area contributed by atoms with Gasteiger partial charge in [0.15, 0.2) is 0 Å². The quantitative estimate of drug-likeness (QED) is 0.818. The minimum absolute atomic E-state index is 0.635. The van der Waals surface area contributed by atoms with Crippen LogP contribution in [0.2, 0.25) is 0 Å². The zero-order chi connectivity index (χ0) is 12.3. The molecule has 1 heterocycles. The Labute approximate surface area is 101 Å². The van der Waals surface area contributed by atoms with Gasteiger partial charge in [0.25, 0.3) is 0 Å². The summed E-state index contributed by atoms with van der Waals surface area (Å²) in [6.07, 6.45) is 4.70. The Morgan fingerprint density at radius 1 is 1.41 bits per heavy atom. The molecule has 0 aliphatic carbocycles. The first-order valence-corrected chi connectivity index (χ1v) is 5.62. The molecule has 0 amide bonds. The Balaban J connectivity index is 1.92. The molecule has 2 aromatic rings. The van der Waals surface area contributed by atoms with Crippen molar-refractivity contribution in [2.45, 2.75) is 13.3 Å². The lowest BCUT2D eigenvalue weighted by atomic mass is 10.2. The van der Waals surface area contributed by atoms with Crippen LogP contribution in [0.4, 0.5) is 5.69 Å². The summed E-state index contributed by atoms with van der Waals surface area (Å²) in [5.41, 5.74) is 8.75. The Hall–Kier alpha value is -1.97. The molecule has 0 radical (unpaired) electrons. The Kier molecular flexibility index (Phi) is 3.32. The van der Waals surface area contributed by atoms with E-state index in [9.17, 15) is 0 Å². The van der Waals surface area contributed by atoms with Gasteiger partial charge in [0.1, 0.15) is 5.75 Å². The molecule has 0 saturated carbocycles. The van der Waals surface area contributed by atoms with Crippen LogP contribution in [0.25, 0.3) is 0 Å². The predicted octanol–water partition coefficient (Wildman–Crippen LogP) is 1.93. The van der Waals surface area contributed by atoms with Crippen LogP contribution in [-0.4, -0.2) is 16.4 Å². The molecule has 2 N–H and O–H groups in total. The molecule has 0 saturated heterocycles. The maximum absolute atomic E-state index is 5.81. The number of aromatic nitrogens is 2. The summed E-state index contributed by atoms with van der Waals surface area (Å²) in [5.74, 6) is 0.855. The van der Waals surface area contributed by atoms with Gasteiger partial charge < -0.3 is 10.5 Å². The maximum atomic E-state index is 5.81. The molecule has 1 aromatic heterocycles. The third kappa shape index (κ3) is 2.78. The molecule has 0 aliphatic heterocycles. The third-order valence-electron chi connectivity index (χ3n) is 2.73. The fourth-order valence-corrected chi connectivity index (χ4v) is 1.67. The van der Waals surface area contributed by atoms with E-state index in [-0.39, 0.29) is 0 Å². The van der Waals surface area contributed by atoms with Gasteiger partial charge >= 0.3 is 0 Å². The fraction of sp³-hybridized carbons (Fsp3) is 0.308. The highest BCUT2D eigenvalue weighted by atomic mass is 16.5. The van der Waals surface area contributed by atoms with E-state index >= 15 is 0 Å². The van der Waals surface area contributed by atoms with Gasteiger partial charge in [-0.25, -0.2) is 0 Å². The number of rotatable bonds is 4. The number of nitrogen functional groups attached to an aromatic ring is 1. The van der Waals surface area contributed by atoms with Crippen molar-refractivity contribution in [3.05, 3.63) is 41.7 Å². The van der Waals surface area contributed by atoms with Crippen molar-refractivity contribution in [2.24, 2.45) is 7.05 Å². The summed E-state index contributed by atoms with van der Waals surface area (Å²) in [6, 6.07) is 5.72. The summed E-state index contributed by atoms with van der Waals surface area (Å²) in [6.45, 7) is 2.60. The highest BCUT2D eigenvalue weighted by molar-refractivity contribution is 5.53. The minimum atomic E-state index is 0.635. The van der Waals surface area contributed by atoms with E-state index in [4.69, 9.17) is 10.5 Å². The standard InChI is InChI=1S/C13H17N3O/c1-10-12(14)4-3-5-13(10)17-7-6-11-8-15-16(2)9-11/h3-5,8-9H,6-7,14H2,1-2H3. The second-order valence-corrected chi connectivity index (χ2v) is 4.09. The topological polar surface area (TPSA) is 53.1 Å². The van der Waals surface area contributed by atoms with E-state index in [1.165, 1.54) is 5.56 Å². The largest absolute Gasteiger partial charge is 0.493 e. The summed E-state index contributed by atoms with van der Waals surface area (Å²) < 4.78 is 7.51. The molecular formula is C13H17N3O. The summed E-state index contributed by atoms with van der Waals surface area (Å²) in [4.78, 5) is 0. The number of aryl methyl sites for hydroxylation is 1. The van der Waals surface area contributed by atoms with Crippen LogP contribution in [0, 0.1) is 6.92 Å². The molecule has 0 fully saturated rings. The number of benzene rings is 1. The van der Waals surface area contributed by atoms with Gasteiger partial charge in [-0.3, -0.25) is 4.68 Å². The van der Waals surface area contributed by atoms with Crippen molar-refractivity contribution >= 4 is 5.69 Å². The number of hydrogen-bond acceptors (Lipinski definition) is 3. The lowest BCUT2D eigenvalue weighted by Crippen LogP contribution is -2.03. The average molecular weight is 231 g/mol. The van der Waals surface area contributed by atoms with E-state index in [0.717, 1.165) is 23.4 Å². The minimum Gasteiger partial charge on any atom is -0.493 e. The SMILES string of the molecule is Cc1c(N)cccc1OCCc1cnn(C)c1. The molecule has 17 heavy (non-hydrogen) atoms. The molecule has 0 spiro atoms. The predicted molar refractivity (Wildman–Crippen MR) is 68.0 cm³/mol. The van der Waals surface area contributed by atoms with Crippen LogP contribution in [0.1, 0.15) is 11.1 Å². The second-order valence-electron chi connectivity index (χ2n) is 4.09. The lowest BCUT2D eigenvalue weighted by molar-refractivity contribution is 0.320. The van der Waals surface area contributed by atoms with Gasteiger partial charge in [0, 0.05) is 30.9 Å². The van der Waals surface area contributed by atoms with Gasteiger partial charge in [-0.1, -0.05) is 6.07 Å². The van der Waals surface area contributed by atoms with Crippen LogP contribution in [-0.2, 0) is 13.5 Å². The monoisotopic (exact) mass is 231 g/mol. The third-order valence-corrected chi connectivity index (χ3v) is 2.73. The van der Waals surface area contributed by atoms with Crippen LogP contribution in [0.3, 0.4) is 0 Å². The van der Waals surface area contributed by atoms with Gasteiger partial charge in [0.2, 0.25) is 0 Å². The first-order valence-electron chi connectivity index (χ1n) is 5.62. The Morgan fingerprint density at radius 3 is 2.94 bits per heavy atom. The molecule has 0 unspecified atom stereocenters. The number of nitrogens with two attached hydrogens (primary N) is 1. The molecule has 1 aromatic carbocycles. The molecule has 4 heteroatoms. The smallest absolute Gasteiger partial charge is 0.124 e. The molecule has 0 bridgehead atoms. The number of anilines is 1. The molecule has 4 nitrogen and oxygen atoms in total. The zero-order valence-corrected chi connectivity index (χ0v) is 10.2. The van der Waals surface area contributed by atoms with Crippen molar-refractivity contribution in [3.63, 3.8) is 0 Å². The molecule has 0 atom stereocenters. The molecule has 0 aliphatic rings. The molecule has 90 valence electrons. The Morgan fingerprint density at radius 2 is 2.24 bits per heavy atom. The van der Waals surface area contributed by atoms with Crippen molar-refractivity contribution in [2.75, 3.05) is 12.3 Å². The van der Waals surface area contributed by atoms with Crippen LogP contribution in [0.5, 0.6) is 5.75 Å². The van der Waals surface area contributed by atoms with Gasteiger partial charge in [-0.2, -0.15) is 5.10 Å². The van der Waals surface area contributed by atoms with Crippen LogP contribution < -0.4 is 10.5 Å². The highest BCUT2D eigenvalue weighted by Crippen LogP contribution is 2.22. The van der Waals surface area contributed by atoms with E-state index in [1.54, 1.807) is 4.68 Å². The van der Waals surface area contributed by atoms with Crippen LogP contribution in [0.15, 0.2) is 30.6 Å². The first kappa shape index (κ1) is 11.5. The first-order chi connectivity index (χ1) is 8.16. The molecule has 2 rings (SSSR count). The second kappa shape index (κ2) is 4.91. The summed E-state index contributed by atoms with van der Waals surface area (Å²) in [5, 5.41) is 4.12. The summed E-state index contributed by atoms with van der Waals surface area (Å²) in [7, 11) is 1.91. The highest BCUT2D eigenvalue weighted by Gasteiger charge is 2.02. The van der Waals surface area contributed by atoms with Crippen molar-refractivity contribution < 1.29 is 4.74 Å². The normalized spacial score (nSPS) is 10.5. The zero-order valence-electron chi connectivity index (χ0n) is 10.2. The van der Waals surface area contributed by atoms with Gasteiger partial charge in [-0.05, 0) is 24.6 Å². The fourth-order valence-electron chi connectivity index (χ4n) is 1.67. The number of hydrogen-bond donors (Lipinski definition) is 1. The van der Waals surface area contributed by atoms with Gasteiger partial charge in [-0.15, -0.1) is 0 Å². The average Bonchev–Trinajstić information content (AvgIpc) is 2.70. The Bertz CT molecular complexity index is 505. The molecular weight excluding hydrogens is 214 g/mol. The number of ether oxygens (including phenoxy) is 1. The number of nitrogens with zero attached hydrogens (tertiary/aromatic N) is 2. The maximum Gasteiger partial charge on any atom is 0.124 e. The van der Waals surface area contributed by atoms with E-state index in [0.29, 0.717) is 6.61 Å². The van der Waals surface area contributed by atoms with E-state index in [1.807, 2.05) is 44.6 Å². The summed E-state index contributed by atoms with van der Waals surface area (Å²) >= 11 is 0. The lowest BCUT2D eigenvalue weighted by Gasteiger charge is -2.09. The van der Waals surface area contributed by atoms with Crippen molar-refractivity contribution in [3.8, 4) is 5.75 Å². The van der Waals surface area contributed by atoms with Gasteiger partial charge in [0.05, 0.1) is 12.8 Å². The van der Waals surface area contributed by atoms with E-state index < -0.39 is 0 Å². The van der Waals surface area contributed by atoms with Crippen molar-refractivity contribution in [1.29, 1.82) is 0 Å². The van der Waals surface area contributed by atoms with Crippen LogP contribution >= 0.6 is 0 Å². The van der Waals surface area contributed by atoms with E-state index in [2.05, 4.69) is 5.10 Å².